The van der Waals surface area contributed by atoms with Gasteiger partial charge < -0.3 is 65.8 Å². The van der Waals surface area contributed by atoms with Crippen LogP contribution in [0.4, 0.5) is 0 Å². The van der Waals surface area contributed by atoms with E-state index in [1.807, 2.05) is 24.3 Å². The molecule has 4 aromatic carbocycles. The third kappa shape index (κ3) is 11.6. The van der Waals surface area contributed by atoms with Gasteiger partial charge in [0.1, 0.15) is 12.1 Å². The summed E-state index contributed by atoms with van der Waals surface area (Å²) in [5.41, 5.74) is 6.59. The van der Waals surface area contributed by atoms with Gasteiger partial charge in [-0.1, -0.05) is 0 Å². The molecular weight excluding hydrogens is 889 g/mol. The van der Waals surface area contributed by atoms with Gasteiger partial charge in [0, 0.05) is 43.2 Å². The van der Waals surface area contributed by atoms with Crippen molar-refractivity contribution in [2.45, 2.75) is 57.0 Å². The van der Waals surface area contributed by atoms with Gasteiger partial charge in [0.05, 0.1) is 137 Å². The van der Waals surface area contributed by atoms with Gasteiger partial charge in [-0.15, -0.1) is 0 Å². The van der Waals surface area contributed by atoms with Gasteiger partial charge in [-0.25, -0.2) is 0 Å². The number of rotatable bonds is 24. The van der Waals surface area contributed by atoms with E-state index in [4.69, 9.17) is 56.8 Å². The van der Waals surface area contributed by atoms with Crippen molar-refractivity contribution in [2.75, 3.05) is 125 Å². The Morgan fingerprint density at radius 2 is 0.768 bits per heavy atom. The Bertz CT molecular complexity index is 2210. The lowest BCUT2D eigenvalue weighted by Crippen LogP contribution is -2.53. The van der Waals surface area contributed by atoms with E-state index < -0.39 is 0 Å². The second-order valence-electron chi connectivity index (χ2n) is 18.0. The summed E-state index contributed by atoms with van der Waals surface area (Å²) in [4.78, 5) is 26.7. The van der Waals surface area contributed by atoms with E-state index in [1.165, 1.54) is 11.1 Å². The summed E-state index contributed by atoms with van der Waals surface area (Å²) in [7, 11) is 20.5. The van der Waals surface area contributed by atoms with Gasteiger partial charge in [0.25, 0.3) is 0 Å². The van der Waals surface area contributed by atoms with Crippen LogP contribution >= 0.6 is 0 Å². The van der Waals surface area contributed by atoms with Gasteiger partial charge in [-0.3, -0.25) is 9.59 Å². The van der Waals surface area contributed by atoms with Gasteiger partial charge in [0.2, 0.25) is 11.5 Å². The van der Waals surface area contributed by atoms with Crippen molar-refractivity contribution in [3.05, 3.63) is 81.9 Å². The lowest BCUT2D eigenvalue weighted by atomic mass is 9.86. The normalized spacial score (nSPS) is 19.2. The molecule has 6 rings (SSSR count). The number of esters is 2. The molecule has 0 spiro atoms. The van der Waals surface area contributed by atoms with Gasteiger partial charge in [0.15, 0.2) is 46.0 Å². The highest BCUT2D eigenvalue weighted by Crippen LogP contribution is 2.47. The number of methoxy groups -OCH3 is 10. The highest BCUT2D eigenvalue weighted by atomic mass is 16.6. The Balaban J connectivity index is 1.07. The second kappa shape index (κ2) is 23.4. The van der Waals surface area contributed by atoms with E-state index in [0.29, 0.717) is 98.8 Å². The number of nitrogens with zero attached hydrogens (tertiary/aromatic N) is 2. The molecule has 0 fully saturated rings. The summed E-state index contributed by atoms with van der Waals surface area (Å²) in [6.07, 6.45) is 3.63. The Hall–Kier alpha value is -6.26. The first kappa shape index (κ1) is 52.1. The number of likely N-dealkylation sites (N-methyl/N-ethyl adjacent to an activating group) is 2. The quantitative estimate of drug-likeness (QED) is 0.0393. The zero-order chi connectivity index (χ0) is 49.9. The highest BCUT2D eigenvalue weighted by molar-refractivity contribution is 5.70. The first-order valence-corrected chi connectivity index (χ1v) is 23.3. The van der Waals surface area contributed by atoms with Crippen LogP contribution in [0.5, 0.6) is 57.5 Å². The largest absolute Gasteiger partial charge is 0.493 e. The van der Waals surface area contributed by atoms with Crippen molar-refractivity contribution in [2.24, 2.45) is 0 Å². The van der Waals surface area contributed by atoms with Crippen molar-refractivity contribution < 1.29 is 75.4 Å². The maximum Gasteiger partial charge on any atom is 0.311 e. The number of hydrogen-bond acceptors (Lipinski definition) is 14. The van der Waals surface area contributed by atoms with Crippen LogP contribution in [0.15, 0.2) is 48.5 Å². The van der Waals surface area contributed by atoms with Crippen molar-refractivity contribution in [1.82, 2.24) is 0 Å². The Labute approximate surface area is 407 Å². The molecule has 0 bridgehead atoms. The minimum atomic E-state index is -0.305. The van der Waals surface area contributed by atoms with Crippen LogP contribution in [0, 0.1) is 0 Å². The zero-order valence-corrected chi connectivity index (χ0v) is 42.6. The average molecular weight is 961 g/mol. The highest BCUT2D eigenvalue weighted by Gasteiger charge is 2.42. The van der Waals surface area contributed by atoms with E-state index in [9.17, 15) is 9.59 Å². The fourth-order valence-electron chi connectivity index (χ4n) is 10.1. The third-order valence-electron chi connectivity index (χ3n) is 14.1. The molecule has 0 amide bonds. The molecule has 2 aliphatic rings. The molecule has 0 aromatic heterocycles. The molecule has 376 valence electrons. The average Bonchev–Trinajstić information content (AvgIpc) is 3.37. The predicted molar refractivity (Wildman–Crippen MR) is 259 cm³/mol. The third-order valence-corrected chi connectivity index (χ3v) is 14.1. The number of carbonyl (C=O) groups excluding carboxylic acids is 2. The number of hydrogen-bond donors (Lipinski definition) is 0. The number of carbonyl (C=O) groups is 2. The topological polar surface area (TPSA) is 145 Å². The minimum Gasteiger partial charge on any atom is -0.493 e. The maximum atomic E-state index is 13.3. The number of quaternary nitrogens is 2. The van der Waals surface area contributed by atoms with E-state index in [0.717, 1.165) is 48.2 Å². The molecule has 4 aromatic rings. The minimum absolute atomic E-state index is 0.0519. The first-order valence-electron chi connectivity index (χ1n) is 23.3. The van der Waals surface area contributed by atoms with Crippen LogP contribution in [0.3, 0.4) is 0 Å². The molecule has 0 saturated heterocycles. The van der Waals surface area contributed by atoms with Crippen LogP contribution < -0.4 is 47.4 Å². The Morgan fingerprint density at radius 3 is 1.07 bits per heavy atom. The van der Waals surface area contributed by atoms with Crippen molar-refractivity contribution in [3.63, 3.8) is 0 Å². The summed E-state index contributed by atoms with van der Waals surface area (Å²) >= 11 is 0. The van der Waals surface area contributed by atoms with E-state index in [1.54, 1.807) is 71.1 Å². The van der Waals surface area contributed by atoms with Crippen LogP contribution in [0.2, 0.25) is 0 Å². The molecule has 0 aliphatic carbocycles. The fourth-order valence-corrected chi connectivity index (χ4v) is 10.1. The summed E-state index contributed by atoms with van der Waals surface area (Å²) in [5.74, 6) is 5.37. The number of ether oxygens (including phenoxy) is 12. The molecular formula is C53H72N2O14+2. The molecule has 2 aliphatic heterocycles. The Morgan fingerprint density at radius 1 is 0.449 bits per heavy atom. The molecule has 16 nitrogen and oxygen atoms in total. The predicted octanol–water partition coefficient (Wildman–Crippen LogP) is 7.30. The second-order valence-corrected chi connectivity index (χ2v) is 18.0. The van der Waals surface area contributed by atoms with Crippen molar-refractivity contribution in [1.29, 1.82) is 0 Å². The fraction of sp³-hybridized carbons (Fsp3) is 0.509. The number of fused-ring (bicyclic) bond motifs is 2. The molecule has 2 heterocycles. The van der Waals surface area contributed by atoms with Gasteiger partial charge in [-0.2, -0.15) is 0 Å². The number of benzene rings is 4. The van der Waals surface area contributed by atoms with E-state index in [2.05, 4.69) is 38.4 Å². The van der Waals surface area contributed by atoms with Gasteiger partial charge in [-0.05, 0) is 70.8 Å². The SMILES string of the molecule is COc1cc2c(cc1OC)[C@@H](Cc1cc(OC)c(OC)c(OC)c1)[N+](C)(CCC(=O)OCCCOC(=O)CC[N+]1(C)CCc3cc(OC)c(OC)cc3[C@H]1Cc1cc(OC)c(OC)c(OC)c1)CC2. The monoisotopic (exact) mass is 960 g/mol. The van der Waals surface area contributed by atoms with Crippen LogP contribution in [-0.4, -0.2) is 145 Å². The van der Waals surface area contributed by atoms with Crippen molar-refractivity contribution in [3.8, 4) is 57.5 Å². The first-order chi connectivity index (χ1) is 33.2. The van der Waals surface area contributed by atoms with Crippen LogP contribution in [0.1, 0.15) is 64.7 Å². The van der Waals surface area contributed by atoms with E-state index >= 15 is 0 Å². The zero-order valence-electron chi connectivity index (χ0n) is 42.6. The van der Waals surface area contributed by atoms with Crippen LogP contribution in [0.25, 0.3) is 0 Å². The maximum absolute atomic E-state index is 13.3. The standard InChI is InChI=1S/C53H72N2O14/c1-54(18-14-36-30-42(58-3)44(60-5)32-38(36)40(54)24-34-26-46(62-7)52(66-11)47(27-34)63-8)20-16-50(56)68-22-13-23-69-51(57)17-21-55(2)19-15-37-31-43(59-4)45(61-6)33-39(37)41(55)25-35-28-48(64-9)53(67-12)49(29-35)65-10/h26-33,40-41H,13-25H2,1-12H3/q+2/t40-,41-,54?,55?/m1/s1. The smallest absolute Gasteiger partial charge is 0.311 e. The molecule has 4 atom stereocenters. The van der Waals surface area contributed by atoms with Crippen molar-refractivity contribution >= 4 is 11.9 Å². The summed E-state index contributed by atoms with van der Waals surface area (Å²) < 4.78 is 69.4. The molecule has 0 N–H and O–H groups in total. The van der Waals surface area contributed by atoms with E-state index in [-0.39, 0.29) is 50.1 Å². The van der Waals surface area contributed by atoms with Gasteiger partial charge >= 0.3 is 11.9 Å². The summed E-state index contributed by atoms with van der Waals surface area (Å²) in [6.45, 7) is 2.94. The Kier molecular flexibility index (Phi) is 17.6. The molecule has 69 heavy (non-hydrogen) atoms. The lowest BCUT2D eigenvalue weighted by molar-refractivity contribution is -0.940. The van der Waals surface area contributed by atoms with Crippen LogP contribution in [-0.2, 0) is 44.7 Å². The molecule has 16 heteroatoms. The summed E-state index contributed by atoms with van der Waals surface area (Å²) in [6, 6.07) is 16.0. The molecule has 0 radical (unpaired) electrons. The molecule has 2 unspecified atom stereocenters. The lowest BCUT2D eigenvalue weighted by Gasteiger charge is -2.46. The molecule has 0 saturated carbocycles. The summed E-state index contributed by atoms with van der Waals surface area (Å²) in [5, 5.41) is 0.